The van der Waals surface area contributed by atoms with E-state index in [1.54, 1.807) is 6.07 Å². The van der Waals surface area contributed by atoms with Crippen molar-refractivity contribution in [2.45, 2.75) is 44.8 Å². The summed E-state index contributed by atoms with van der Waals surface area (Å²) in [6.45, 7) is 2.71. The minimum absolute atomic E-state index is 0.0942. The van der Waals surface area contributed by atoms with Crippen molar-refractivity contribution in [3.8, 4) is 0 Å². The number of nitrogens with zero attached hydrogens (tertiary/aromatic N) is 1. The standard InChI is InChI=1S/C14H18N2O3/c1-8-11(5-6-19-8)15-13-10(14(17)18)7-9-3-2-4-12(9)16-13/h7-8,11H,2-6H2,1H3,(H,15,16)(H,17,18). The molecule has 1 saturated heterocycles. The van der Waals surface area contributed by atoms with Gasteiger partial charge >= 0.3 is 5.97 Å². The Labute approximate surface area is 112 Å². The number of nitrogens with one attached hydrogen (secondary N) is 1. The van der Waals surface area contributed by atoms with Crippen LogP contribution < -0.4 is 5.32 Å². The van der Waals surface area contributed by atoms with Gasteiger partial charge in [-0.25, -0.2) is 9.78 Å². The van der Waals surface area contributed by atoms with E-state index in [-0.39, 0.29) is 17.7 Å². The summed E-state index contributed by atoms with van der Waals surface area (Å²) in [7, 11) is 0. The average Bonchev–Trinajstić information content (AvgIpc) is 2.97. The number of rotatable bonds is 3. The van der Waals surface area contributed by atoms with Gasteiger partial charge in [-0.2, -0.15) is 0 Å². The fourth-order valence-corrected chi connectivity index (χ4v) is 2.84. The number of anilines is 1. The summed E-state index contributed by atoms with van der Waals surface area (Å²) in [6.07, 6.45) is 3.93. The lowest BCUT2D eigenvalue weighted by molar-refractivity contribution is 0.0697. The van der Waals surface area contributed by atoms with E-state index in [4.69, 9.17) is 4.74 Å². The van der Waals surface area contributed by atoms with Crippen LogP contribution in [-0.2, 0) is 17.6 Å². The second-order valence-corrected chi connectivity index (χ2v) is 5.26. The summed E-state index contributed by atoms with van der Waals surface area (Å²) in [4.78, 5) is 15.9. The molecule has 102 valence electrons. The van der Waals surface area contributed by atoms with Crippen molar-refractivity contribution in [3.63, 3.8) is 0 Å². The smallest absolute Gasteiger partial charge is 0.339 e. The Morgan fingerprint density at radius 2 is 2.37 bits per heavy atom. The Morgan fingerprint density at radius 3 is 3.05 bits per heavy atom. The number of pyridine rings is 1. The molecule has 2 unspecified atom stereocenters. The quantitative estimate of drug-likeness (QED) is 0.870. The van der Waals surface area contributed by atoms with E-state index in [1.807, 2.05) is 6.92 Å². The van der Waals surface area contributed by atoms with Gasteiger partial charge in [0.05, 0.1) is 12.1 Å². The summed E-state index contributed by atoms with van der Waals surface area (Å²) >= 11 is 0. The van der Waals surface area contributed by atoms with E-state index in [2.05, 4.69) is 10.3 Å². The van der Waals surface area contributed by atoms with E-state index in [1.165, 1.54) is 0 Å². The number of aryl methyl sites for hydroxylation is 2. The number of aromatic carboxylic acids is 1. The lowest BCUT2D eigenvalue weighted by Gasteiger charge is -2.18. The molecule has 1 aliphatic heterocycles. The number of ether oxygens (including phenoxy) is 1. The molecule has 0 aromatic carbocycles. The molecule has 5 heteroatoms. The minimum atomic E-state index is -0.920. The largest absolute Gasteiger partial charge is 0.478 e. The molecule has 2 aliphatic rings. The summed E-state index contributed by atoms with van der Waals surface area (Å²) in [5.74, 6) is -0.424. The van der Waals surface area contributed by atoms with Gasteiger partial charge in [-0.3, -0.25) is 0 Å². The molecule has 0 radical (unpaired) electrons. The third-order valence-electron chi connectivity index (χ3n) is 3.98. The molecule has 2 N–H and O–H groups in total. The first-order chi connectivity index (χ1) is 9.15. The van der Waals surface area contributed by atoms with E-state index in [9.17, 15) is 9.90 Å². The second kappa shape index (κ2) is 4.81. The van der Waals surface area contributed by atoms with Crippen LogP contribution in [0.15, 0.2) is 6.07 Å². The van der Waals surface area contributed by atoms with Gasteiger partial charge in [0.25, 0.3) is 0 Å². The van der Waals surface area contributed by atoms with Crippen LogP contribution in [0.3, 0.4) is 0 Å². The van der Waals surface area contributed by atoms with Crippen LogP contribution in [0, 0.1) is 0 Å². The van der Waals surface area contributed by atoms with Crippen LogP contribution in [0.5, 0.6) is 0 Å². The number of hydrogen-bond donors (Lipinski definition) is 2. The van der Waals surface area contributed by atoms with Gasteiger partial charge in [-0.15, -0.1) is 0 Å². The third-order valence-corrected chi connectivity index (χ3v) is 3.98. The number of carboxylic acids is 1. The highest BCUT2D eigenvalue weighted by atomic mass is 16.5. The first-order valence-corrected chi connectivity index (χ1v) is 6.79. The monoisotopic (exact) mass is 262 g/mol. The predicted octanol–water partition coefficient (Wildman–Crippen LogP) is 1.86. The van der Waals surface area contributed by atoms with Crippen molar-refractivity contribution in [1.29, 1.82) is 0 Å². The van der Waals surface area contributed by atoms with E-state index in [0.29, 0.717) is 12.4 Å². The molecule has 0 saturated carbocycles. The average molecular weight is 262 g/mol. The molecule has 0 spiro atoms. The topological polar surface area (TPSA) is 71.5 Å². The molecule has 1 aliphatic carbocycles. The van der Waals surface area contributed by atoms with Crippen LogP contribution in [0.1, 0.15) is 41.4 Å². The molecular weight excluding hydrogens is 244 g/mol. The molecule has 2 heterocycles. The highest BCUT2D eigenvalue weighted by Crippen LogP contribution is 2.27. The molecule has 2 atom stereocenters. The van der Waals surface area contributed by atoms with E-state index < -0.39 is 5.97 Å². The first-order valence-electron chi connectivity index (χ1n) is 6.79. The highest BCUT2D eigenvalue weighted by molar-refractivity contribution is 5.93. The lowest BCUT2D eigenvalue weighted by Crippen LogP contribution is -2.28. The maximum atomic E-state index is 11.4. The van der Waals surface area contributed by atoms with E-state index in [0.717, 1.165) is 36.9 Å². The molecule has 5 nitrogen and oxygen atoms in total. The number of fused-ring (bicyclic) bond motifs is 1. The lowest BCUT2D eigenvalue weighted by atomic mass is 10.1. The van der Waals surface area contributed by atoms with Crippen LogP contribution in [-0.4, -0.2) is 34.8 Å². The van der Waals surface area contributed by atoms with Crippen molar-refractivity contribution in [1.82, 2.24) is 4.98 Å². The number of aromatic nitrogens is 1. The molecule has 0 bridgehead atoms. The van der Waals surface area contributed by atoms with Crippen molar-refractivity contribution in [3.05, 3.63) is 22.9 Å². The maximum absolute atomic E-state index is 11.4. The number of carbonyl (C=O) groups is 1. The zero-order chi connectivity index (χ0) is 13.4. The normalized spacial score (nSPS) is 25.3. The zero-order valence-corrected chi connectivity index (χ0v) is 11.0. The molecule has 1 aromatic rings. The third kappa shape index (κ3) is 2.30. The molecule has 1 fully saturated rings. The van der Waals surface area contributed by atoms with Gasteiger partial charge in [0.15, 0.2) is 0 Å². The second-order valence-electron chi connectivity index (χ2n) is 5.26. The molecule has 19 heavy (non-hydrogen) atoms. The van der Waals surface area contributed by atoms with Crippen molar-refractivity contribution >= 4 is 11.8 Å². The number of hydrogen-bond acceptors (Lipinski definition) is 4. The highest BCUT2D eigenvalue weighted by Gasteiger charge is 2.27. The van der Waals surface area contributed by atoms with Crippen molar-refractivity contribution < 1.29 is 14.6 Å². The van der Waals surface area contributed by atoms with Crippen LogP contribution in [0.4, 0.5) is 5.82 Å². The zero-order valence-electron chi connectivity index (χ0n) is 11.0. The molecule has 1 aromatic heterocycles. The Morgan fingerprint density at radius 1 is 1.53 bits per heavy atom. The van der Waals surface area contributed by atoms with Crippen LogP contribution in [0.25, 0.3) is 0 Å². The summed E-state index contributed by atoms with van der Waals surface area (Å²) in [6, 6.07) is 1.92. The van der Waals surface area contributed by atoms with Gasteiger partial charge in [0.2, 0.25) is 0 Å². The van der Waals surface area contributed by atoms with Gasteiger partial charge in [-0.05, 0) is 44.2 Å². The van der Waals surface area contributed by atoms with Crippen LogP contribution >= 0.6 is 0 Å². The van der Waals surface area contributed by atoms with Gasteiger partial charge in [0, 0.05) is 12.3 Å². The SMILES string of the molecule is CC1OCCC1Nc1nc2c(cc1C(=O)O)CCC2. The Bertz CT molecular complexity index is 516. The molecule has 3 rings (SSSR count). The summed E-state index contributed by atoms with van der Waals surface area (Å²) in [5, 5.41) is 12.6. The summed E-state index contributed by atoms with van der Waals surface area (Å²) < 4.78 is 5.49. The van der Waals surface area contributed by atoms with Crippen molar-refractivity contribution in [2.75, 3.05) is 11.9 Å². The van der Waals surface area contributed by atoms with Crippen LogP contribution in [0.2, 0.25) is 0 Å². The van der Waals surface area contributed by atoms with Crippen molar-refractivity contribution in [2.24, 2.45) is 0 Å². The predicted molar refractivity (Wildman–Crippen MR) is 70.7 cm³/mol. The molecule has 0 amide bonds. The fourth-order valence-electron chi connectivity index (χ4n) is 2.84. The first kappa shape index (κ1) is 12.4. The van der Waals surface area contributed by atoms with Gasteiger partial charge < -0.3 is 15.2 Å². The van der Waals surface area contributed by atoms with Gasteiger partial charge in [-0.1, -0.05) is 0 Å². The van der Waals surface area contributed by atoms with E-state index >= 15 is 0 Å². The summed E-state index contributed by atoms with van der Waals surface area (Å²) in [5.41, 5.74) is 2.40. The Hall–Kier alpha value is -1.62. The fraction of sp³-hybridized carbons (Fsp3) is 0.571. The Kier molecular flexibility index (Phi) is 3.14. The maximum Gasteiger partial charge on any atom is 0.339 e. The molecular formula is C14H18N2O3. The Balaban J connectivity index is 1.92. The van der Waals surface area contributed by atoms with Gasteiger partial charge in [0.1, 0.15) is 11.4 Å². The minimum Gasteiger partial charge on any atom is -0.478 e. The number of carboxylic acid groups (broad SMARTS) is 1.